The van der Waals surface area contributed by atoms with Gasteiger partial charge in [0, 0.05) is 0 Å². The van der Waals surface area contributed by atoms with Crippen molar-refractivity contribution >= 4 is 25.8 Å². The standard InChI is InChI=1S/C8H11BrN2O3S/c1-14-7-4-10-11(8(7)9)6-2-3-15(12,13)5-6/h4,6H,2-3,5H2,1H3. The van der Waals surface area contributed by atoms with E-state index in [0.29, 0.717) is 16.8 Å². The summed E-state index contributed by atoms with van der Waals surface area (Å²) in [6.07, 6.45) is 2.20. The molecule has 15 heavy (non-hydrogen) atoms. The molecule has 1 aromatic heterocycles. The smallest absolute Gasteiger partial charge is 0.171 e. The van der Waals surface area contributed by atoms with Crippen molar-refractivity contribution < 1.29 is 13.2 Å². The molecule has 5 nitrogen and oxygen atoms in total. The molecule has 1 saturated heterocycles. The van der Waals surface area contributed by atoms with Crippen molar-refractivity contribution in [3.63, 3.8) is 0 Å². The topological polar surface area (TPSA) is 61.2 Å². The van der Waals surface area contributed by atoms with E-state index in [2.05, 4.69) is 21.0 Å². The minimum Gasteiger partial charge on any atom is -0.492 e. The van der Waals surface area contributed by atoms with Gasteiger partial charge in [0.2, 0.25) is 0 Å². The lowest BCUT2D eigenvalue weighted by Crippen LogP contribution is -2.12. The highest BCUT2D eigenvalue weighted by atomic mass is 79.9. The van der Waals surface area contributed by atoms with E-state index in [1.807, 2.05) is 0 Å². The summed E-state index contributed by atoms with van der Waals surface area (Å²) in [6, 6.07) is -0.0757. The maximum absolute atomic E-state index is 11.3. The summed E-state index contributed by atoms with van der Waals surface area (Å²) in [5, 5.41) is 4.11. The number of hydrogen-bond donors (Lipinski definition) is 0. The van der Waals surface area contributed by atoms with Crippen LogP contribution in [-0.4, -0.2) is 36.8 Å². The number of aromatic nitrogens is 2. The van der Waals surface area contributed by atoms with Crippen LogP contribution in [0.15, 0.2) is 10.8 Å². The summed E-state index contributed by atoms with van der Waals surface area (Å²) in [4.78, 5) is 0. The Hall–Kier alpha value is -0.560. The van der Waals surface area contributed by atoms with Gasteiger partial charge in [-0.2, -0.15) is 5.10 Å². The zero-order valence-electron chi connectivity index (χ0n) is 8.18. The highest BCUT2D eigenvalue weighted by Crippen LogP contribution is 2.31. The average molecular weight is 295 g/mol. The van der Waals surface area contributed by atoms with E-state index in [1.165, 1.54) is 0 Å². The number of ether oxygens (including phenoxy) is 1. The highest BCUT2D eigenvalue weighted by Gasteiger charge is 2.31. The Morgan fingerprint density at radius 2 is 2.40 bits per heavy atom. The van der Waals surface area contributed by atoms with Crippen molar-refractivity contribution in [1.82, 2.24) is 9.78 Å². The van der Waals surface area contributed by atoms with Gasteiger partial charge >= 0.3 is 0 Å². The lowest BCUT2D eigenvalue weighted by atomic mass is 10.3. The molecule has 0 N–H and O–H groups in total. The predicted molar refractivity (Wildman–Crippen MR) is 58.8 cm³/mol. The number of hydrogen-bond acceptors (Lipinski definition) is 4. The molecule has 2 heterocycles. The number of methoxy groups -OCH3 is 1. The highest BCUT2D eigenvalue weighted by molar-refractivity contribution is 9.10. The lowest BCUT2D eigenvalue weighted by molar-refractivity contribution is 0.407. The molecule has 1 unspecified atom stereocenters. The molecular weight excluding hydrogens is 284 g/mol. The number of nitrogens with zero attached hydrogens (tertiary/aromatic N) is 2. The van der Waals surface area contributed by atoms with Crippen LogP contribution in [-0.2, 0) is 9.84 Å². The summed E-state index contributed by atoms with van der Waals surface area (Å²) in [6.45, 7) is 0. The third kappa shape index (κ3) is 2.03. The van der Waals surface area contributed by atoms with Gasteiger partial charge in [-0.05, 0) is 22.4 Å². The maximum atomic E-state index is 11.3. The van der Waals surface area contributed by atoms with Gasteiger partial charge in [0.25, 0.3) is 0 Å². The second-order valence-electron chi connectivity index (χ2n) is 3.51. The van der Waals surface area contributed by atoms with Crippen molar-refractivity contribution in [1.29, 1.82) is 0 Å². The zero-order chi connectivity index (χ0) is 11.1. The van der Waals surface area contributed by atoms with E-state index in [4.69, 9.17) is 4.74 Å². The minimum absolute atomic E-state index is 0.0757. The van der Waals surface area contributed by atoms with Crippen LogP contribution >= 0.6 is 15.9 Å². The number of rotatable bonds is 2. The van der Waals surface area contributed by atoms with Crippen LogP contribution in [0.3, 0.4) is 0 Å². The maximum Gasteiger partial charge on any atom is 0.171 e. The SMILES string of the molecule is COc1cnn(C2CCS(=O)(=O)C2)c1Br. The van der Waals surface area contributed by atoms with Crippen molar-refractivity contribution in [2.24, 2.45) is 0 Å². The fourth-order valence-corrected chi connectivity index (χ4v) is 4.03. The molecule has 7 heteroatoms. The Morgan fingerprint density at radius 1 is 1.67 bits per heavy atom. The lowest BCUT2D eigenvalue weighted by Gasteiger charge is -2.09. The Balaban J connectivity index is 2.28. The van der Waals surface area contributed by atoms with Crippen molar-refractivity contribution in [2.75, 3.05) is 18.6 Å². The van der Waals surface area contributed by atoms with Gasteiger partial charge in [0.15, 0.2) is 15.6 Å². The van der Waals surface area contributed by atoms with E-state index in [1.54, 1.807) is 18.0 Å². The van der Waals surface area contributed by atoms with Gasteiger partial charge in [-0.1, -0.05) is 0 Å². The van der Waals surface area contributed by atoms with Crippen LogP contribution in [0.1, 0.15) is 12.5 Å². The molecule has 0 radical (unpaired) electrons. The predicted octanol–water partition coefficient (Wildman–Crippen LogP) is 1.01. The summed E-state index contributed by atoms with van der Waals surface area (Å²) < 4.78 is 30.1. The normalized spacial score (nSPS) is 24.3. The number of halogens is 1. The van der Waals surface area contributed by atoms with Crippen LogP contribution in [0, 0.1) is 0 Å². The van der Waals surface area contributed by atoms with Crippen molar-refractivity contribution in [3.8, 4) is 5.75 Å². The average Bonchev–Trinajstić information content (AvgIpc) is 2.69. The third-order valence-corrected chi connectivity index (χ3v) is 4.98. The molecule has 2 rings (SSSR count). The molecule has 1 aromatic rings. The fourth-order valence-electron chi connectivity index (χ4n) is 1.69. The molecule has 0 aliphatic carbocycles. The molecule has 1 aliphatic heterocycles. The Morgan fingerprint density at radius 3 is 2.87 bits per heavy atom. The number of sulfone groups is 1. The van der Waals surface area contributed by atoms with Gasteiger partial charge in [0.05, 0.1) is 30.9 Å². The quantitative estimate of drug-likeness (QED) is 0.817. The first kappa shape index (κ1) is 10.9. The summed E-state index contributed by atoms with van der Waals surface area (Å²) in [5.74, 6) is 1.03. The van der Waals surface area contributed by atoms with Gasteiger partial charge in [-0.15, -0.1) is 0 Å². The van der Waals surface area contributed by atoms with E-state index in [-0.39, 0.29) is 17.5 Å². The first-order valence-electron chi connectivity index (χ1n) is 4.51. The monoisotopic (exact) mass is 294 g/mol. The fraction of sp³-hybridized carbons (Fsp3) is 0.625. The molecule has 84 valence electrons. The van der Waals surface area contributed by atoms with Crippen molar-refractivity contribution in [2.45, 2.75) is 12.5 Å². The Labute approximate surface area is 96.5 Å². The van der Waals surface area contributed by atoms with E-state index in [9.17, 15) is 8.42 Å². The second kappa shape index (κ2) is 3.79. The largest absolute Gasteiger partial charge is 0.492 e. The van der Waals surface area contributed by atoms with Crippen LogP contribution in [0.5, 0.6) is 5.75 Å². The molecule has 0 aromatic carbocycles. The van der Waals surface area contributed by atoms with Crippen molar-refractivity contribution in [3.05, 3.63) is 10.8 Å². The Kier molecular flexibility index (Phi) is 2.76. The zero-order valence-corrected chi connectivity index (χ0v) is 10.6. The summed E-state index contributed by atoms with van der Waals surface area (Å²) in [5.41, 5.74) is 0. The minimum atomic E-state index is -2.88. The van der Waals surface area contributed by atoms with Gasteiger partial charge < -0.3 is 4.74 Å². The molecule has 1 fully saturated rings. The molecule has 0 amide bonds. The van der Waals surface area contributed by atoms with Gasteiger partial charge in [0.1, 0.15) is 4.60 Å². The first-order chi connectivity index (χ1) is 7.03. The van der Waals surface area contributed by atoms with Crippen LogP contribution in [0.2, 0.25) is 0 Å². The van der Waals surface area contributed by atoms with Crippen LogP contribution in [0.25, 0.3) is 0 Å². The van der Waals surface area contributed by atoms with Crippen LogP contribution < -0.4 is 4.74 Å². The molecule has 1 atom stereocenters. The molecule has 0 saturated carbocycles. The van der Waals surface area contributed by atoms with Gasteiger partial charge in [-0.25, -0.2) is 8.42 Å². The third-order valence-electron chi connectivity index (χ3n) is 2.48. The molecule has 1 aliphatic rings. The van der Waals surface area contributed by atoms with E-state index >= 15 is 0 Å². The van der Waals surface area contributed by atoms with Gasteiger partial charge in [-0.3, -0.25) is 4.68 Å². The first-order valence-corrected chi connectivity index (χ1v) is 7.12. The molecule has 0 spiro atoms. The summed E-state index contributed by atoms with van der Waals surface area (Å²) >= 11 is 3.34. The second-order valence-corrected chi connectivity index (χ2v) is 6.49. The van der Waals surface area contributed by atoms with Crippen LogP contribution in [0.4, 0.5) is 0 Å². The van der Waals surface area contributed by atoms with E-state index < -0.39 is 9.84 Å². The molecule has 0 bridgehead atoms. The van der Waals surface area contributed by atoms with E-state index in [0.717, 1.165) is 0 Å². The summed E-state index contributed by atoms with van der Waals surface area (Å²) in [7, 11) is -1.33. The molecular formula is C8H11BrN2O3S. The Bertz CT molecular complexity index is 468.